The van der Waals surface area contributed by atoms with Crippen LogP contribution >= 0.6 is 50.5 Å². The normalized spacial score (nSPS) is 10.5. The fourth-order valence-corrected chi connectivity index (χ4v) is 3.63. The van der Waals surface area contributed by atoms with Crippen molar-refractivity contribution in [1.29, 1.82) is 0 Å². The molecule has 0 fully saturated rings. The van der Waals surface area contributed by atoms with Gasteiger partial charge in [-0.2, -0.15) is 0 Å². The van der Waals surface area contributed by atoms with Gasteiger partial charge < -0.3 is 10.2 Å². The van der Waals surface area contributed by atoms with E-state index in [-0.39, 0.29) is 5.91 Å². The highest BCUT2D eigenvalue weighted by Crippen LogP contribution is 2.33. The van der Waals surface area contributed by atoms with E-state index < -0.39 is 0 Å². The molecule has 0 unspecified atom stereocenters. The van der Waals surface area contributed by atoms with E-state index in [0.717, 1.165) is 19.4 Å². The van der Waals surface area contributed by atoms with Crippen LogP contribution in [0.4, 0.5) is 5.69 Å². The van der Waals surface area contributed by atoms with Crippen LogP contribution in [0.15, 0.2) is 28.7 Å². The van der Waals surface area contributed by atoms with Crippen LogP contribution in [-0.4, -0.2) is 24.9 Å². The molecular formula is C14H13BrCl2N2OS. The lowest BCUT2D eigenvalue weighted by Gasteiger charge is -2.13. The Morgan fingerprint density at radius 1 is 1.33 bits per heavy atom. The average molecular weight is 408 g/mol. The van der Waals surface area contributed by atoms with Crippen molar-refractivity contribution in [2.24, 2.45) is 0 Å². The number of amides is 1. The molecule has 0 saturated carbocycles. The molecule has 1 aromatic heterocycles. The maximum Gasteiger partial charge on any atom is 0.253 e. The largest absolute Gasteiger partial charge is 0.379 e. The van der Waals surface area contributed by atoms with Crippen molar-refractivity contribution in [3.63, 3.8) is 0 Å². The molecular weight excluding hydrogens is 395 g/mol. The smallest absolute Gasteiger partial charge is 0.253 e. The summed E-state index contributed by atoms with van der Waals surface area (Å²) in [7, 11) is 3.43. The summed E-state index contributed by atoms with van der Waals surface area (Å²) in [6.07, 6.45) is 0. The lowest BCUT2D eigenvalue weighted by atomic mass is 10.2. The van der Waals surface area contributed by atoms with Crippen LogP contribution in [0.3, 0.4) is 0 Å². The molecule has 1 aromatic carbocycles. The van der Waals surface area contributed by atoms with Gasteiger partial charge in [0.15, 0.2) is 0 Å². The van der Waals surface area contributed by atoms with Gasteiger partial charge in [0.05, 0.1) is 10.7 Å². The third-order valence-corrected chi connectivity index (χ3v) is 5.57. The molecule has 2 rings (SSSR count). The molecule has 1 heterocycles. The molecule has 0 saturated heterocycles. The summed E-state index contributed by atoms with van der Waals surface area (Å²) in [6, 6.07) is 7.16. The highest BCUT2D eigenvalue weighted by Gasteiger charge is 2.11. The zero-order valence-electron chi connectivity index (χ0n) is 11.4. The molecule has 7 heteroatoms. The van der Waals surface area contributed by atoms with E-state index in [4.69, 9.17) is 23.2 Å². The molecule has 1 N–H and O–H groups in total. The van der Waals surface area contributed by atoms with Crippen molar-refractivity contribution in [2.45, 2.75) is 6.54 Å². The minimum Gasteiger partial charge on any atom is -0.379 e. The number of anilines is 1. The number of nitrogens with one attached hydrogen (secondary N) is 1. The van der Waals surface area contributed by atoms with E-state index in [1.807, 2.05) is 6.07 Å². The van der Waals surface area contributed by atoms with Crippen LogP contribution in [0.1, 0.15) is 15.2 Å². The number of carbonyl (C=O) groups is 1. The van der Waals surface area contributed by atoms with Crippen molar-refractivity contribution in [3.05, 3.63) is 48.5 Å². The second-order valence-corrected chi connectivity index (χ2v) is 7.58. The van der Waals surface area contributed by atoms with E-state index in [2.05, 4.69) is 21.2 Å². The standard InChI is InChI=1S/C14H13BrCl2N2OS/c1-19(2)14(20)8-3-4-11(16)12(5-8)18-7-9-6-10(15)13(17)21-9/h3-6,18H,7H2,1-2H3. The Hall–Kier alpha value is -0.750. The van der Waals surface area contributed by atoms with Gasteiger partial charge in [-0.1, -0.05) is 23.2 Å². The summed E-state index contributed by atoms with van der Waals surface area (Å²) in [4.78, 5) is 14.6. The minimum atomic E-state index is -0.0587. The maximum absolute atomic E-state index is 12.0. The number of carbonyl (C=O) groups excluding carboxylic acids is 1. The van der Waals surface area contributed by atoms with Crippen LogP contribution in [0, 0.1) is 0 Å². The highest BCUT2D eigenvalue weighted by molar-refractivity contribution is 9.10. The SMILES string of the molecule is CN(C)C(=O)c1ccc(Cl)c(NCc2cc(Br)c(Cl)s2)c1. The molecule has 2 aromatic rings. The Bertz CT molecular complexity index is 653. The molecule has 3 nitrogen and oxygen atoms in total. The summed E-state index contributed by atoms with van der Waals surface area (Å²) in [5, 5.41) is 3.81. The van der Waals surface area contributed by atoms with Gasteiger partial charge in [0.25, 0.3) is 5.91 Å². The third kappa shape index (κ3) is 4.13. The first-order valence-electron chi connectivity index (χ1n) is 6.07. The number of thiophene rings is 1. The molecule has 0 aliphatic carbocycles. The van der Waals surface area contributed by atoms with E-state index in [9.17, 15) is 4.79 Å². The van der Waals surface area contributed by atoms with Crippen molar-refractivity contribution in [3.8, 4) is 0 Å². The summed E-state index contributed by atoms with van der Waals surface area (Å²) in [5.74, 6) is -0.0587. The number of hydrogen-bond donors (Lipinski definition) is 1. The molecule has 0 aliphatic rings. The molecule has 0 radical (unpaired) electrons. The van der Waals surface area contributed by atoms with E-state index >= 15 is 0 Å². The van der Waals surface area contributed by atoms with E-state index in [1.165, 1.54) is 16.2 Å². The zero-order chi connectivity index (χ0) is 15.6. The monoisotopic (exact) mass is 406 g/mol. The molecule has 0 spiro atoms. The minimum absolute atomic E-state index is 0.0587. The molecule has 1 amide bonds. The van der Waals surface area contributed by atoms with Gasteiger partial charge in [-0.15, -0.1) is 11.3 Å². The second kappa shape index (κ2) is 7.01. The molecule has 0 bridgehead atoms. The molecule has 0 aliphatic heterocycles. The van der Waals surface area contributed by atoms with Crippen LogP contribution in [-0.2, 0) is 6.54 Å². The van der Waals surface area contributed by atoms with Gasteiger partial charge in [-0.3, -0.25) is 4.79 Å². The Balaban J connectivity index is 2.15. The number of nitrogens with zero attached hydrogens (tertiary/aromatic N) is 1. The van der Waals surface area contributed by atoms with Crippen LogP contribution in [0.25, 0.3) is 0 Å². The maximum atomic E-state index is 12.0. The highest BCUT2D eigenvalue weighted by atomic mass is 79.9. The second-order valence-electron chi connectivity index (χ2n) is 4.58. The van der Waals surface area contributed by atoms with Crippen molar-refractivity contribution in [2.75, 3.05) is 19.4 Å². The third-order valence-electron chi connectivity index (χ3n) is 2.77. The first kappa shape index (κ1) is 16.6. The number of hydrogen-bond acceptors (Lipinski definition) is 3. The lowest BCUT2D eigenvalue weighted by Crippen LogP contribution is -2.21. The predicted molar refractivity (Wildman–Crippen MR) is 93.8 cm³/mol. The van der Waals surface area contributed by atoms with Crippen LogP contribution in [0.5, 0.6) is 0 Å². The number of benzene rings is 1. The van der Waals surface area contributed by atoms with E-state index in [0.29, 0.717) is 17.1 Å². The summed E-state index contributed by atoms with van der Waals surface area (Å²) in [6.45, 7) is 0.593. The first-order valence-corrected chi connectivity index (χ1v) is 8.44. The molecule has 112 valence electrons. The summed E-state index contributed by atoms with van der Waals surface area (Å²) < 4.78 is 1.60. The Morgan fingerprint density at radius 3 is 2.62 bits per heavy atom. The topological polar surface area (TPSA) is 32.3 Å². The van der Waals surface area contributed by atoms with Crippen molar-refractivity contribution in [1.82, 2.24) is 4.90 Å². The Labute approximate surface area is 146 Å². The van der Waals surface area contributed by atoms with Gasteiger partial charge in [0, 0.05) is 35.6 Å². The quantitative estimate of drug-likeness (QED) is 0.761. The first-order chi connectivity index (χ1) is 9.88. The van der Waals surface area contributed by atoms with Gasteiger partial charge in [-0.05, 0) is 40.2 Å². The van der Waals surface area contributed by atoms with Crippen molar-refractivity contribution < 1.29 is 4.79 Å². The summed E-state index contributed by atoms with van der Waals surface area (Å²) in [5.41, 5.74) is 1.32. The van der Waals surface area contributed by atoms with E-state index in [1.54, 1.807) is 32.3 Å². The number of halogens is 3. The molecule has 0 atom stereocenters. The van der Waals surface area contributed by atoms with Gasteiger partial charge >= 0.3 is 0 Å². The predicted octanol–water partition coefficient (Wildman–Crippen LogP) is 5.13. The van der Waals surface area contributed by atoms with Gasteiger partial charge in [0.2, 0.25) is 0 Å². The zero-order valence-corrected chi connectivity index (χ0v) is 15.3. The average Bonchev–Trinajstić information content (AvgIpc) is 2.76. The lowest BCUT2D eigenvalue weighted by molar-refractivity contribution is 0.0827. The van der Waals surface area contributed by atoms with Crippen molar-refractivity contribution >= 4 is 62.1 Å². The van der Waals surface area contributed by atoms with Crippen LogP contribution in [0.2, 0.25) is 9.36 Å². The Morgan fingerprint density at radius 2 is 2.05 bits per heavy atom. The fourth-order valence-electron chi connectivity index (χ4n) is 1.71. The van der Waals surface area contributed by atoms with Gasteiger partial charge in [0.1, 0.15) is 4.34 Å². The fraction of sp³-hybridized carbons (Fsp3) is 0.214. The Kier molecular flexibility index (Phi) is 5.54. The molecule has 21 heavy (non-hydrogen) atoms. The van der Waals surface area contributed by atoms with Crippen LogP contribution < -0.4 is 5.32 Å². The van der Waals surface area contributed by atoms with Gasteiger partial charge in [-0.25, -0.2) is 0 Å². The number of rotatable bonds is 4. The summed E-state index contributed by atoms with van der Waals surface area (Å²) >= 11 is 17.0.